The minimum atomic E-state index is -3.61. The van der Waals surface area contributed by atoms with Gasteiger partial charge in [-0.3, -0.25) is 14.4 Å². The van der Waals surface area contributed by atoms with Crippen LogP contribution in [-0.2, 0) is 26.3 Å². The smallest absolute Gasteiger partial charge is 0.255 e. The van der Waals surface area contributed by atoms with Crippen molar-refractivity contribution in [2.75, 3.05) is 13.3 Å². The molecule has 5 rings (SSSR count). The van der Waals surface area contributed by atoms with Crippen LogP contribution in [0.4, 0.5) is 0 Å². The molecule has 0 spiro atoms. The molecular weight excluding hydrogens is 653 g/mol. The van der Waals surface area contributed by atoms with E-state index in [4.69, 9.17) is 28.0 Å². The van der Waals surface area contributed by atoms with Crippen molar-refractivity contribution in [3.8, 4) is 0 Å². The number of benzene rings is 3. The highest BCUT2D eigenvalue weighted by Gasteiger charge is 2.49. The second-order valence-corrected chi connectivity index (χ2v) is 14.0. The third-order valence-electron chi connectivity index (χ3n) is 8.34. The van der Waals surface area contributed by atoms with Gasteiger partial charge in [-0.1, -0.05) is 83.7 Å². The monoisotopic (exact) mass is 687 g/mol. The maximum Gasteiger partial charge on any atom is 0.255 e. The molecule has 2 aliphatic rings. The van der Waals surface area contributed by atoms with Crippen molar-refractivity contribution in [3.63, 3.8) is 0 Å². The summed E-state index contributed by atoms with van der Waals surface area (Å²) < 4.78 is 27.5. The molecule has 1 fully saturated rings. The Bertz CT molecular complexity index is 1750. The zero-order chi connectivity index (χ0) is 33.0. The highest BCUT2D eigenvalue weighted by molar-refractivity contribution is 7.88. The average Bonchev–Trinajstić information content (AvgIpc) is 3.02. The first-order valence-corrected chi connectivity index (χ1v) is 17.4. The normalized spacial score (nSPS) is 21.9. The molecule has 244 valence electrons. The fourth-order valence-corrected chi connectivity index (χ4v) is 7.79. The summed E-state index contributed by atoms with van der Waals surface area (Å²) in [5.41, 5.74) is 5.22. The quantitative estimate of drug-likeness (QED) is 0.110. The zero-order valence-electron chi connectivity index (χ0n) is 25.2. The van der Waals surface area contributed by atoms with Crippen molar-refractivity contribution in [2.45, 2.75) is 56.3 Å². The summed E-state index contributed by atoms with van der Waals surface area (Å²) >= 11 is 13.0. The predicted molar refractivity (Wildman–Crippen MR) is 175 cm³/mol. The first kappa shape index (κ1) is 33.7. The van der Waals surface area contributed by atoms with Crippen LogP contribution < -0.4 is 15.5 Å². The molecule has 1 saturated carbocycles. The topological polar surface area (TPSA) is 149 Å². The summed E-state index contributed by atoms with van der Waals surface area (Å²) in [5, 5.41) is 16.0. The predicted octanol–water partition coefficient (Wildman–Crippen LogP) is 4.74. The summed E-state index contributed by atoms with van der Waals surface area (Å²) in [6, 6.07) is 16.8. The maximum atomic E-state index is 14.4. The number of nitrogens with one attached hydrogen (secondary N) is 3. The minimum Gasteiger partial charge on any atom is -0.409 e. The molecule has 0 aromatic heterocycles. The van der Waals surface area contributed by atoms with Gasteiger partial charge in [0.15, 0.2) is 5.84 Å². The third-order valence-corrected chi connectivity index (χ3v) is 9.63. The maximum absolute atomic E-state index is 14.4. The van der Waals surface area contributed by atoms with Crippen LogP contribution in [0.2, 0.25) is 10.0 Å². The Kier molecular flexibility index (Phi) is 10.5. The van der Waals surface area contributed by atoms with Crippen molar-refractivity contribution in [1.29, 1.82) is 0 Å². The van der Waals surface area contributed by atoms with Crippen molar-refractivity contribution in [3.05, 3.63) is 105 Å². The van der Waals surface area contributed by atoms with Crippen molar-refractivity contribution < 1.29 is 28.1 Å². The summed E-state index contributed by atoms with van der Waals surface area (Å²) in [5.74, 6) is -1.56. The fraction of sp³-hybridized carbons (Fsp3) is 0.344. The molecule has 3 aromatic carbocycles. The van der Waals surface area contributed by atoms with E-state index >= 15 is 0 Å². The van der Waals surface area contributed by atoms with Crippen molar-refractivity contribution in [2.24, 2.45) is 5.16 Å². The molecule has 0 unspecified atom stereocenters. The van der Waals surface area contributed by atoms with Crippen LogP contribution in [0.3, 0.4) is 0 Å². The number of sulfonamides is 1. The van der Waals surface area contributed by atoms with E-state index in [9.17, 15) is 23.2 Å². The number of fused-ring (bicyclic) bond motifs is 1. The van der Waals surface area contributed by atoms with E-state index in [1.54, 1.807) is 78.7 Å². The SMILES string of the molecule is CN/C(=N\O)c1cccc(CONC(=O)[C@@H]2c3ccccc3C(=O)N([C@H]3CCCC[C@@H]3NS(C)(=O)=O)[C@H]2c2ccc(Cl)cc2Cl)c1. The van der Waals surface area contributed by atoms with Crippen LogP contribution in [0.1, 0.15) is 70.3 Å². The molecule has 3 aromatic rings. The molecule has 2 amide bonds. The van der Waals surface area contributed by atoms with Gasteiger partial charge in [0.1, 0.15) is 0 Å². The van der Waals surface area contributed by atoms with Crippen LogP contribution >= 0.6 is 23.2 Å². The van der Waals surface area contributed by atoms with Crippen LogP contribution in [0.15, 0.2) is 71.9 Å². The Morgan fingerprint density at radius 3 is 2.52 bits per heavy atom. The number of amides is 2. The van der Waals surface area contributed by atoms with E-state index < -0.39 is 40.0 Å². The van der Waals surface area contributed by atoms with Crippen molar-refractivity contribution >= 4 is 50.9 Å². The summed E-state index contributed by atoms with van der Waals surface area (Å²) in [4.78, 5) is 35.9. The highest BCUT2D eigenvalue weighted by Crippen LogP contribution is 2.47. The van der Waals surface area contributed by atoms with Crippen LogP contribution in [0.25, 0.3) is 0 Å². The fourth-order valence-electron chi connectivity index (χ4n) is 6.44. The number of hydroxylamine groups is 1. The van der Waals surface area contributed by atoms with Gasteiger partial charge in [0, 0.05) is 40.3 Å². The Morgan fingerprint density at radius 1 is 1.04 bits per heavy atom. The Balaban J connectivity index is 1.54. The van der Waals surface area contributed by atoms with Gasteiger partial charge in [-0.15, -0.1) is 0 Å². The molecule has 0 radical (unpaired) electrons. The second kappa shape index (κ2) is 14.4. The molecule has 0 saturated heterocycles. The van der Waals surface area contributed by atoms with E-state index in [1.807, 2.05) is 0 Å². The molecule has 1 aliphatic carbocycles. The molecule has 46 heavy (non-hydrogen) atoms. The second-order valence-electron chi connectivity index (χ2n) is 11.4. The summed E-state index contributed by atoms with van der Waals surface area (Å²) in [6.07, 6.45) is 3.70. The van der Waals surface area contributed by atoms with E-state index in [-0.39, 0.29) is 23.4 Å². The number of hydrogen-bond acceptors (Lipinski definition) is 7. The molecule has 14 heteroatoms. The van der Waals surface area contributed by atoms with Gasteiger partial charge in [-0.25, -0.2) is 18.6 Å². The Morgan fingerprint density at radius 2 is 1.80 bits per heavy atom. The van der Waals surface area contributed by atoms with Gasteiger partial charge < -0.3 is 15.4 Å². The van der Waals surface area contributed by atoms with E-state index in [0.717, 1.165) is 19.1 Å². The molecular formula is C32H35Cl2N5O6S. The lowest BCUT2D eigenvalue weighted by Gasteiger charge is -2.49. The van der Waals surface area contributed by atoms with Gasteiger partial charge in [0.2, 0.25) is 10.0 Å². The van der Waals surface area contributed by atoms with Gasteiger partial charge in [0.05, 0.1) is 24.8 Å². The number of carbonyl (C=O) groups is 2. The number of carbonyl (C=O) groups excluding carboxylic acids is 2. The number of amidine groups is 1. The number of hydrogen-bond donors (Lipinski definition) is 4. The van der Waals surface area contributed by atoms with Gasteiger partial charge in [-0.2, -0.15) is 0 Å². The lowest BCUT2D eigenvalue weighted by molar-refractivity contribution is -0.138. The number of oxime groups is 1. The lowest BCUT2D eigenvalue weighted by Crippen LogP contribution is -2.59. The summed E-state index contributed by atoms with van der Waals surface area (Å²) in [7, 11) is -1.98. The van der Waals surface area contributed by atoms with Crippen LogP contribution in [-0.4, -0.2) is 61.6 Å². The lowest BCUT2D eigenvalue weighted by atomic mass is 9.76. The van der Waals surface area contributed by atoms with Crippen LogP contribution in [0.5, 0.6) is 0 Å². The number of rotatable bonds is 9. The van der Waals surface area contributed by atoms with E-state index in [0.29, 0.717) is 45.7 Å². The molecule has 0 bridgehead atoms. The van der Waals surface area contributed by atoms with Gasteiger partial charge in [-0.05, 0) is 53.8 Å². The summed E-state index contributed by atoms with van der Waals surface area (Å²) in [6.45, 7) is -0.00559. The highest BCUT2D eigenvalue weighted by atomic mass is 35.5. The third kappa shape index (κ3) is 7.31. The number of nitrogens with zero attached hydrogens (tertiary/aromatic N) is 2. The van der Waals surface area contributed by atoms with Crippen LogP contribution in [0, 0.1) is 0 Å². The minimum absolute atomic E-state index is 0.00559. The molecule has 11 nitrogen and oxygen atoms in total. The molecule has 1 heterocycles. The number of halogens is 2. The van der Waals surface area contributed by atoms with E-state index in [2.05, 4.69) is 20.7 Å². The Hall–Kier alpha value is -3.68. The van der Waals surface area contributed by atoms with Gasteiger partial charge >= 0.3 is 0 Å². The molecule has 4 N–H and O–H groups in total. The first-order valence-electron chi connectivity index (χ1n) is 14.8. The first-order chi connectivity index (χ1) is 22.0. The largest absolute Gasteiger partial charge is 0.409 e. The standard InChI is InChI=1S/C32H35Cl2N5O6S/c1-35-30(36-42)20-9-7-8-19(16-20)18-45-37-31(40)28-22-10-3-4-11-23(22)32(41)39(29(28)24-15-14-21(33)17-25(24)34)27-13-6-5-12-26(27)38-46(2,43)44/h3-4,7-11,14-17,26-29,38,42H,5-6,12-13,18H2,1-2H3,(H,35,36)(H,37,40)/t26-,27-,28+,29-/m0/s1. The molecule has 4 atom stereocenters. The van der Waals surface area contributed by atoms with Gasteiger partial charge in [0.25, 0.3) is 11.8 Å². The van der Waals surface area contributed by atoms with Crippen molar-refractivity contribution in [1.82, 2.24) is 20.4 Å². The van der Waals surface area contributed by atoms with E-state index in [1.165, 1.54) is 0 Å². The zero-order valence-corrected chi connectivity index (χ0v) is 27.6. The molecule has 1 aliphatic heterocycles. The average molecular weight is 689 g/mol. The Labute approximate surface area is 277 Å².